The highest BCUT2D eigenvalue weighted by Crippen LogP contribution is 2.21. The average molecular weight is 248 g/mol. The molecule has 1 rings (SSSR count). The SMILES string of the molecule is CC(C)OCC(NN)c1ccc(F)c(F)c1F. The van der Waals surface area contributed by atoms with E-state index < -0.39 is 23.5 Å². The van der Waals surface area contributed by atoms with E-state index in [0.717, 1.165) is 12.1 Å². The minimum absolute atomic E-state index is 0.0629. The van der Waals surface area contributed by atoms with Crippen LogP contribution in [0.1, 0.15) is 25.5 Å². The van der Waals surface area contributed by atoms with Gasteiger partial charge < -0.3 is 4.74 Å². The molecule has 0 amide bonds. The zero-order valence-corrected chi connectivity index (χ0v) is 9.64. The van der Waals surface area contributed by atoms with E-state index in [0.29, 0.717) is 0 Å². The molecule has 3 nitrogen and oxygen atoms in total. The lowest BCUT2D eigenvalue weighted by molar-refractivity contribution is 0.0602. The van der Waals surface area contributed by atoms with Gasteiger partial charge in [0.2, 0.25) is 0 Å². The van der Waals surface area contributed by atoms with Crippen molar-refractivity contribution in [2.24, 2.45) is 5.84 Å². The Hall–Kier alpha value is -1.11. The van der Waals surface area contributed by atoms with Crippen LogP contribution in [-0.4, -0.2) is 12.7 Å². The zero-order valence-electron chi connectivity index (χ0n) is 9.64. The molecule has 3 N–H and O–H groups in total. The van der Waals surface area contributed by atoms with Crippen LogP contribution in [0.2, 0.25) is 0 Å². The normalized spacial score (nSPS) is 13.1. The number of rotatable bonds is 5. The van der Waals surface area contributed by atoms with Crippen LogP contribution in [0.4, 0.5) is 13.2 Å². The number of nitrogens with two attached hydrogens (primary N) is 1. The van der Waals surface area contributed by atoms with Crippen molar-refractivity contribution in [3.8, 4) is 0 Å². The van der Waals surface area contributed by atoms with Crippen molar-refractivity contribution in [2.75, 3.05) is 6.61 Å². The quantitative estimate of drug-likeness (QED) is 0.476. The largest absolute Gasteiger partial charge is 0.377 e. The van der Waals surface area contributed by atoms with Crippen molar-refractivity contribution in [2.45, 2.75) is 26.0 Å². The molecule has 96 valence electrons. The van der Waals surface area contributed by atoms with E-state index in [9.17, 15) is 13.2 Å². The molecule has 1 aromatic rings. The van der Waals surface area contributed by atoms with Crippen molar-refractivity contribution < 1.29 is 17.9 Å². The zero-order chi connectivity index (χ0) is 13.0. The Labute approximate surface area is 97.7 Å². The number of hydrogen-bond donors (Lipinski definition) is 2. The Kier molecular flexibility index (Phi) is 4.92. The first-order valence-electron chi connectivity index (χ1n) is 5.18. The maximum atomic E-state index is 13.5. The van der Waals surface area contributed by atoms with Gasteiger partial charge in [-0.3, -0.25) is 11.3 Å². The van der Waals surface area contributed by atoms with E-state index in [4.69, 9.17) is 10.6 Å². The van der Waals surface area contributed by atoms with Crippen molar-refractivity contribution in [1.82, 2.24) is 5.43 Å². The Morgan fingerprint density at radius 3 is 2.41 bits per heavy atom. The van der Waals surface area contributed by atoms with Crippen LogP contribution in [0, 0.1) is 17.5 Å². The molecule has 0 saturated carbocycles. The molecule has 0 aliphatic rings. The van der Waals surface area contributed by atoms with Crippen LogP contribution in [0.3, 0.4) is 0 Å². The van der Waals surface area contributed by atoms with Crippen molar-refractivity contribution in [1.29, 1.82) is 0 Å². The molecule has 0 saturated heterocycles. The summed E-state index contributed by atoms with van der Waals surface area (Å²) in [5.41, 5.74) is 2.24. The molecule has 1 atom stereocenters. The number of halogens is 3. The summed E-state index contributed by atoms with van der Waals surface area (Å²) < 4.78 is 44.5. The highest BCUT2D eigenvalue weighted by atomic mass is 19.2. The summed E-state index contributed by atoms with van der Waals surface area (Å²) in [6.07, 6.45) is -0.0702. The molecule has 0 fully saturated rings. The van der Waals surface area contributed by atoms with Gasteiger partial charge in [0, 0.05) is 5.56 Å². The Morgan fingerprint density at radius 2 is 1.88 bits per heavy atom. The summed E-state index contributed by atoms with van der Waals surface area (Å²) in [7, 11) is 0. The Balaban J connectivity index is 2.92. The first kappa shape index (κ1) is 14.0. The number of nitrogens with one attached hydrogen (secondary N) is 1. The molecule has 17 heavy (non-hydrogen) atoms. The number of ether oxygens (including phenoxy) is 1. The smallest absolute Gasteiger partial charge is 0.194 e. The summed E-state index contributed by atoms with van der Waals surface area (Å²) in [5.74, 6) is 1.25. The summed E-state index contributed by atoms with van der Waals surface area (Å²) in [6.45, 7) is 3.67. The molecular formula is C11H15F3N2O. The number of benzene rings is 1. The second-order valence-corrected chi connectivity index (χ2v) is 3.87. The number of hydrazine groups is 1. The maximum absolute atomic E-state index is 13.5. The Bertz CT molecular complexity index is 385. The van der Waals surface area contributed by atoms with Gasteiger partial charge in [0.1, 0.15) is 0 Å². The third-order valence-corrected chi connectivity index (χ3v) is 2.24. The molecule has 1 unspecified atom stereocenters. The fourth-order valence-electron chi connectivity index (χ4n) is 1.33. The second kappa shape index (κ2) is 6.00. The van der Waals surface area contributed by atoms with E-state index >= 15 is 0 Å². The molecule has 0 aromatic heterocycles. The molecule has 0 radical (unpaired) electrons. The van der Waals surface area contributed by atoms with Gasteiger partial charge in [0.15, 0.2) is 17.5 Å². The molecule has 0 aliphatic heterocycles. The molecule has 0 spiro atoms. The first-order valence-corrected chi connectivity index (χ1v) is 5.18. The van der Waals surface area contributed by atoms with Crippen LogP contribution in [-0.2, 0) is 4.74 Å². The molecule has 0 bridgehead atoms. The summed E-state index contributed by atoms with van der Waals surface area (Å²) in [4.78, 5) is 0. The summed E-state index contributed by atoms with van der Waals surface area (Å²) in [5, 5.41) is 0. The van der Waals surface area contributed by atoms with Crippen LogP contribution in [0.5, 0.6) is 0 Å². The van der Waals surface area contributed by atoms with E-state index in [2.05, 4.69) is 5.43 Å². The van der Waals surface area contributed by atoms with E-state index in [1.54, 1.807) is 13.8 Å². The van der Waals surface area contributed by atoms with Crippen LogP contribution < -0.4 is 11.3 Å². The van der Waals surface area contributed by atoms with Gasteiger partial charge in [-0.2, -0.15) is 0 Å². The minimum Gasteiger partial charge on any atom is -0.377 e. The third kappa shape index (κ3) is 3.42. The van der Waals surface area contributed by atoms with Crippen molar-refractivity contribution >= 4 is 0 Å². The van der Waals surface area contributed by atoms with Crippen LogP contribution >= 0.6 is 0 Å². The lowest BCUT2D eigenvalue weighted by Crippen LogP contribution is -2.33. The molecule has 0 aliphatic carbocycles. The van der Waals surface area contributed by atoms with Gasteiger partial charge in [-0.15, -0.1) is 0 Å². The Morgan fingerprint density at radius 1 is 1.24 bits per heavy atom. The van der Waals surface area contributed by atoms with E-state index in [1.165, 1.54) is 0 Å². The standard InChI is InChI=1S/C11H15F3N2O/c1-6(2)17-5-9(16-15)7-3-4-8(12)11(14)10(7)13/h3-4,6,9,16H,5,15H2,1-2H3. The highest BCUT2D eigenvalue weighted by Gasteiger charge is 2.20. The van der Waals surface area contributed by atoms with Crippen molar-refractivity contribution in [3.63, 3.8) is 0 Å². The maximum Gasteiger partial charge on any atom is 0.194 e. The van der Waals surface area contributed by atoms with Gasteiger partial charge in [0.05, 0.1) is 18.8 Å². The van der Waals surface area contributed by atoms with Gasteiger partial charge in [-0.1, -0.05) is 6.07 Å². The fourth-order valence-corrected chi connectivity index (χ4v) is 1.33. The monoisotopic (exact) mass is 248 g/mol. The second-order valence-electron chi connectivity index (χ2n) is 3.87. The molecule has 0 heterocycles. The van der Waals surface area contributed by atoms with E-state index in [1.807, 2.05) is 0 Å². The van der Waals surface area contributed by atoms with Crippen LogP contribution in [0.25, 0.3) is 0 Å². The lowest BCUT2D eigenvalue weighted by Gasteiger charge is -2.19. The number of hydrogen-bond acceptors (Lipinski definition) is 3. The first-order chi connectivity index (χ1) is 7.97. The highest BCUT2D eigenvalue weighted by molar-refractivity contribution is 5.23. The van der Waals surface area contributed by atoms with Gasteiger partial charge >= 0.3 is 0 Å². The predicted molar refractivity (Wildman–Crippen MR) is 57.5 cm³/mol. The molecule has 6 heteroatoms. The van der Waals surface area contributed by atoms with Gasteiger partial charge in [0.25, 0.3) is 0 Å². The van der Waals surface area contributed by atoms with Crippen molar-refractivity contribution in [3.05, 3.63) is 35.1 Å². The average Bonchev–Trinajstić information content (AvgIpc) is 2.29. The lowest BCUT2D eigenvalue weighted by atomic mass is 10.1. The third-order valence-electron chi connectivity index (χ3n) is 2.24. The van der Waals surface area contributed by atoms with Gasteiger partial charge in [-0.05, 0) is 19.9 Å². The van der Waals surface area contributed by atoms with Gasteiger partial charge in [-0.25, -0.2) is 13.2 Å². The summed E-state index contributed by atoms with van der Waals surface area (Å²) >= 11 is 0. The fraction of sp³-hybridized carbons (Fsp3) is 0.455. The molecule has 1 aromatic carbocycles. The summed E-state index contributed by atoms with van der Waals surface area (Å²) in [6, 6.07) is 1.27. The van der Waals surface area contributed by atoms with Crippen LogP contribution in [0.15, 0.2) is 12.1 Å². The predicted octanol–water partition coefficient (Wildman–Crippen LogP) is 2.03. The molecular weight excluding hydrogens is 233 g/mol. The van der Waals surface area contributed by atoms with E-state index in [-0.39, 0.29) is 18.3 Å². The topological polar surface area (TPSA) is 47.3 Å². The minimum atomic E-state index is -1.51.